The lowest BCUT2D eigenvalue weighted by Gasteiger charge is -2.08. The fraction of sp³-hybridized carbons (Fsp3) is 0.0625. The fourth-order valence-corrected chi connectivity index (χ4v) is 2.35. The van der Waals surface area contributed by atoms with Crippen LogP contribution in [0.2, 0.25) is 5.15 Å². The van der Waals surface area contributed by atoms with Gasteiger partial charge in [0, 0.05) is 42.2 Å². The molecule has 0 saturated carbocycles. The van der Waals surface area contributed by atoms with Gasteiger partial charge in [-0.05, 0) is 12.1 Å². The number of rotatable bonds is 5. The number of hydrogen-bond acceptors (Lipinski definition) is 6. The predicted octanol–water partition coefficient (Wildman–Crippen LogP) is 3.71. The molecule has 0 aliphatic heterocycles. The largest absolute Gasteiger partial charge is 0.366 e. The highest BCUT2D eigenvalue weighted by Gasteiger charge is 2.12. The first-order valence-electron chi connectivity index (χ1n) is 7.04. The number of hydrogen-bond donors (Lipinski definition) is 1. The van der Waals surface area contributed by atoms with Crippen LogP contribution in [0.5, 0.6) is 0 Å². The Balaban J connectivity index is 1.84. The van der Waals surface area contributed by atoms with E-state index in [-0.39, 0.29) is 17.4 Å². The average Bonchev–Trinajstić information content (AvgIpc) is 2.60. The van der Waals surface area contributed by atoms with Gasteiger partial charge in [-0.1, -0.05) is 29.8 Å². The number of aromatic nitrogens is 3. The van der Waals surface area contributed by atoms with Crippen molar-refractivity contribution in [2.75, 3.05) is 5.32 Å². The molecule has 8 heteroatoms. The van der Waals surface area contributed by atoms with Crippen LogP contribution in [0.4, 0.5) is 11.5 Å². The van der Waals surface area contributed by atoms with E-state index in [0.29, 0.717) is 17.2 Å². The van der Waals surface area contributed by atoms with Gasteiger partial charge in [-0.2, -0.15) is 0 Å². The fourth-order valence-electron chi connectivity index (χ4n) is 2.16. The number of nitro benzene ring substituents is 1. The smallest absolute Gasteiger partial charge is 0.274 e. The molecule has 2 heterocycles. The highest BCUT2D eigenvalue weighted by atomic mass is 35.5. The third-order valence-electron chi connectivity index (χ3n) is 3.28. The number of benzene rings is 1. The van der Waals surface area contributed by atoms with Gasteiger partial charge in [0.2, 0.25) is 0 Å². The molecule has 3 rings (SSSR count). The Bertz CT molecular complexity index is 873. The molecule has 0 atom stereocenters. The Hall–Kier alpha value is -3.06. The first-order chi connectivity index (χ1) is 11.6. The Morgan fingerprint density at radius 1 is 1.12 bits per heavy atom. The summed E-state index contributed by atoms with van der Waals surface area (Å²) >= 11 is 6.05. The minimum absolute atomic E-state index is 0.0551. The number of pyridine rings is 1. The van der Waals surface area contributed by atoms with Gasteiger partial charge in [0.05, 0.1) is 4.92 Å². The van der Waals surface area contributed by atoms with Crippen LogP contribution in [0, 0.1) is 10.1 Å². The van der Waals surface area contributed by atoms with Crippen LogP contribution in [-0.2, 0) is 6.54 Å². The Morgan fingerprint density at radius 3 is 2.62 bits per heavy atom. The molecule has 0 aliphatic carbocycles. The predicted molar refractivity (Wildman–Crippen MR) is 90.7 cm³/mol. The quantitative estimate of drug-likeness (QED) is 0.432. The van der Waals surface area contributed by atoms with Crippen molar-refractivity contribution in [2.24, 2.45) is 0 Å². The second-order valence-electron chi connectivity index (χ2n) is 4.87. The Morgan fingerprint density at radius 2 is 1.88 bits per heavy atom. The summed E-state index contributed by atoms with van der Waals surface area (Å²) in [5.41, 5.74) is 1.39. The highest BCUT2D eigenvalue weighted by molar-refractivity contribution is 6.29. The van der Waals surface area contributed by atoms with Gasteiger partial charge in [-0.25, -0.2) is 9.97 Å². The van der Waals surface area contributed by atoms with Gasteiger partial charge in [0.25, 0.3) is 5.69 Å². The molecule has 2 aromatic heterocycles. The summed E-state index contributed by atoms with van der Waals surface area (Å²) in [7, 11) is 0. The normalized spacial score (nSPS) is 10.4. The standard InChI is InChI=1S/C16H12ClN5O2/c17-14-9-15(21-16(20-14)11-5-7-18-8-6-11)19-10-12-3-1-2-4-13(12)22(23)24/h1-9H,10H2,(H,19,20,21). The first kappa shape index (κ1) is 15.8. The number of para-hydroxylation sites is 1. The number of nitro groups is 1. The van der Waals surface area contributed by atoms with E-state index in [1.165, 1.54) is 6.07 Å². The van der Waals surface area contributed by atoms with Crippen molar-refractivity contribution in [2.45, 2.75) is 6.54 Å². The van der Waals surface area contributed by atoms with Crippen molar-refractivity contribution in [3.8, 4) is 11.4 Å². The molecule has 1 N–H and O–H groups in total. The molecule has 0 fully saturated rings. The van der Waals surface area contributed by atoms with Crippen LogP contribution in [0.3, 0.4) is 0 Å². The molecule has 120 valence electrons. The van der Waals surface area contributed by atoms with E-state index in [4.69, 9.17) is 11.6 Å². The Labute approximate surface area is 142 Å². The van der Waals surface area contributed by atoms with Gasteiger partial charge in [0.15, 0.2) is 5.82 Å². The molecule has 7 nitrogen and oxygen atoms in total. The van der Waals surface area contributed by atoms with Crippen molar-refractivity contribution in [3.63, 3.8) is 0 Å². The summed E-state index contributed by atoms with van der Waals surface area (Å²) in [5, 5.41) is 14.4. The van der Waals surface area contributed by atoms with Crippen molar-refractivity contribution in [1.82, 2.24) is 15.0 Å². The zero-order chi connectivity index (χ0) is 16.9. The summed E-state index contributed by atoms with van der Waals surface area (Å²) in [6, 6.07) is 11.7. The van der Waals surface area contributed by atoms with Crippen molar-refractivity contribution in [3.05, 3.63) is 75.7 Å². The molecule has 0 unspecified atom stereocenters. The van der Waals surface area contributed by atoms with E-state index in [0.717, 1.165) is 5.56 Å². The van der Waals surface area contributed by atoms with E-state index in [9.17, 15) is 10.1 Å². The maximum absolute atomic E-state index is 11.1. The van der Waals surface area contributed by atoms with Gasteiger partial charge in [-0.15, -0.1) is 0 Å². The molecule has 1 aromatic carbocycles. The van der Waals surface area contributed by atoms with E-state index in [1.54, 1.807) is 48.8 Å². The van der Waals surface area contributed by atoms with Crippen molar-refractivity contribution >= 4 is 23.1 Å². The number of nitrogens with one attached hydrogen (secondary N) is 1. The molecular formula is C16H12ClN5O2. The van der Waals surface area contributed by atoms with Gasteiger partial charge in [0.1, 0.15) is 11.0 Å². The van der Waals surface area contributed by atoms with Crippen LogP contribution in [-0.4, -0.2) is 19.9 Å². The van der Waals surface area contributed by atoms with Crippen LogP contribution in [0.25, 0.3) is 11.4 Å². The number of anilines is 1. The molecule has 0 aliphatic rings. The lowest BCUT2D eigenvalue weighted by atomic mass is 10.2. The second kappa shape index (κ2) is 7.01. The third-order valence-corrected chi connectivity index (χ3v) is 3.48. The molecule has 24 heavy (non-hydrogen) atoms. The first-order valence-corrected chi connectivity index (χ1v) is 7.42. The molecule has 0 spiro atoms. The topological polar surface area (TPSA) is 93.8 Å². The van der Waals surface area contributed by atoms with Crippen LogP contribution < -0.4 is 5.32 Å². The average molecular weight is 342 g/mol. The van der Waals surface area contributed by atoms with Gasteiger partial charge >= 0.3 is 0 Å². The van der Waals surface area contributed by atoms with E-state index in [1.807, 2.05) is 0 Å². The molecule has 3 aromatic rings. The number of nitrogens with zero attached hydrogens (tertiary/aromatic N) is 4. The maximum Gasteiger partial charge on any atom is 0.274 e. The van der Waals surface area contributed by atoms with E-state index in [2.05, 4.69) is 20.3 Å². The third kappa shape index (κ3) is 3.64. The van der Waals surface area contributed by atoms with Crippen LogP contribution in [0.15, 0.2) is 54.9 Å². The van der Waals surface area contributed by atoms with Gasteiger partial charge < -0.3 is 5.32 Å². The monoisotopic (exact) mass is 341 g/mol. The van der Waals surface area contributed by atoms with Crippen LogP contribution >= 0.6 is 11.6 Å². The summed E-state index contributed by atoms with van der Waals surface area (Å²) in [6.45, 7) is 0.250. The second-order valence-corrected chi connectivity index (χ2v) is 5.26. The molecule has 0 saturated heterocycles. The minimum Gasteiger partial charge on any atom is -0.366 e. The summed E-state index contributed by atoms with van der Waals surface area (Å²) in [5.74, 6) is 0.940. The zero-order valence-corrected chi connectivity index (χ0v) is 13.1. The zero-order valence-electron chi connectivity index (χ0n) is 12.4. The summed E-state index contributed by atoms with van der Waals surface area (Å²) in [4.78, 5) is 23.2. The summed E-state index contributed by atoms with van der Waals surface area (Å²) in [6.07, 6.45) is 3.28. The van der Waals surface area contributed by atoms with Crippen molar-refractivity contribution in [1.29, 1.82) is 0 Å². The molecule has 0 radical (unpaired) electrons. The van der Waals surface area contributed by atoms with E-state index < -0.39 is 4.92 Å². The highest BCUT2D eigenvalue weighted by Crippen LogP contribution is 2.22. The summed E-state index contributed by atoms with van der Waals surface area (Å²) < 4.78 is 0. The molecular weight excluding hydrogens is 330 g/mol. The van der Waals surface area contributed by atoms with Crippen LogP contribution in [0.1, 0.15) is 5.56 Å². The lowest BCUT2D eigenvalue weighted by molar-refractivity contribution is -0.385. The lowest BCUT2D eigenvalue weighted by Crippen LogP contribution is -2.05. The molecule has 0 amide bonds. The van der Waals surface area contributed by atoms with E-state index >= 15 is 0 Å². The Kier molecular flexibility index (Phi) is 4.62. The van der Waals surface area contributed by atoms with Crippen molar-refractivity contribution < 1.29 is 4.92 Å². The maximum atomic E-state index is 11.1. The van der Waals surface area contributed by atoms with Gasteiger partial charge in [-0.3, -0.25) is 15.1 Å². The molecule has 0 bridgehead atoms. The number of halogens is 1. The minimum atomic E-state index is -0.410. The SMILES string of the molecule is O=[N+]([O-])c1ccccc1CNc1cc(Cl)nc(-c2ccncc2)n1.